The number of hydrogen-bond acceptors (Lipinski definition) is 4. The maximum atomic E-state index is 13.6. The van der Waals surface area contributed by atoms with Crippen LogP contribution < -0.4 is 16.4 Å². The lowest BCUT2D eigenvalue weighted by Gasteiger charge is -2.13. The number of nitrogen functional groups attached to an aromatic ring is 1. The fourth-order valence-electron chi connectivity index (χ4n) is 1.88. The van der Waals surface area contributed by atoms with Crippen molar-refractivity contribution in [2.45, 2.75) is 0 Å². The minimum absolute atomic E-state index is 0.122. The summed E-state index contributed by atoms with van der Waals surface area (Å²) >= 11 is 0. The van der Waals surface area contributed by atoms with E-state index in [0.717, 1.165) is 0 Å². The van der Waals surface area contributed by atoms with E-state index in [1.165, 1.54) is 19.2 Å². The highest BCUT2D eigenvalue weighted by Crippen LogP contribution is 2.26. The van der Waals surface area contributed by atoms with E-state index >= 15 is 0 Å². The van der Waals surface area contributed by atoms with E-state index in [1.54, 1.807) is 30.3 Å². The normalized spacial score (nSPS) is 9.76. The number of nitrogens with zero attached hydrogens (tertiary/aromatic N) is 1. The molecular formula is C15H13FN4O. The van der Waals surface area contributed by atoms with Gasteiger partial charge in [0.1, 0.15) is 17.4 Å². The molecule has 0 spiro atoms. The van der Waals surface area contributed by atoms with Crippen LogP contribution in [0.15, 0.2) is 36.4 Å². The number of carbonyl (C=O) groups is 1. The van der Waals surface area contributed by atoms with Crippen molar-refractivity contribution in [3.05, 3.63) is 53.3 Å². The van der Waals surface area contributed by atoms with Gasteiger partial charge in [0.15, 0.2) is 0 Å². The van der Waals surface area contributed by atoms with Gasteiger partial charge in [-0.1, -0.05) is 6.07 Å². The molecule has 4 N–H and O–H groups in total. The number of nitrogens with one attached hydrogen (secondary N) is 2. The molecule has 0 aromatic heterocycles. The second-order valence-electron chi connectivity index (χ2n) is 4.28. The Morgan fingerprint density at radius 1 is 1.29 bits per heavy atom. The van der Waals surface area contributed by atoms with Crippen LogP contribution in [0.4, 0.5) is 21.5 Å². The zero-order chi connectivity index (χ0) is 15.4. The van der Waals surface area contributed by atoms with Gasteiger partial charge in [-0.05, 0) is 30.3 Å². The van der Waals surface area contributed by atoms with Gasteiger partial charge < -0.3 is 16.4 Å². The maximum absolute atomic E-state index is 13.6. The summed E-state index contributed by atoms with van der Waals surface area (Å²) in [6.07, 6.45) is 0. The molecule has 106 valence electrons. The van der Waals surface area contributed by atoms with Crippen molar-refractivity contribution >= 4 is 23.0 Å². The molecule has 0 fully saturated rings. The average Bonchev–Trinajstić information content (AvgIpc) is 2.47. The molecule has 0 atom stereocenters. The summed E-state index contributed by atoms with van der Waals surface area (Å²) in [6, 6.07) is 10.7. The standard InChI is InChI=1S/C15H13FN4O/c1-19-15(21)10-6-5-9(18)7-14(10)20-13-4-2-3-12(16)11(13)8-17/h2-7,20H,18H2,1H3,(H,19,21). The average molecular weight is 284 g/mol. The second kappa shape index (κ2) is 5.92. The van der Waals surface area contributed by atoms with Crippen LogP contribution in [0, 0.1) is 17.1 Å². The molecule has 2 aromatic rings. The Morgan fingerprint density at radius 2 is 2.05 bits per heavy atom. The van der Waals surface area contributed by atoms with E-state index in [-0.39, 0.29) is 17.2 Å². The molecule has 0 radical (unpaired) electrons. The number of rotatable bonds is 3. The van der Waals surface area contributed by atoms with Crippen molar-refractivity contribution in [1.82, 2.24) is 5.32 Å². The third-order valence-corrected chi connectivity index (χ3v) is 2.91. The summed E-state index contributed by atoms with van der Waals surface area (Å²) in [5.41, 5.74) is 7.05. The van der Waals surface area contributed by atoms with Gasteiger partial charge in [0.25, 0.3) is 5.91 Å². The van der Waals surface area contributed by atoms with E-state index in [4.69, 9.17) is 11.0 Å². The van der Waals surface area contributed by atoms with Gasteiger partial charge in [-0.25, -0.2) is 4.39 Å². The van der Waals surface area contributed by atoms with E-state index in [1.807, 2.05) is 0 Å². The van der Waals surface area contributed by atoms with E-state index in [9.17, 15) is 9.18 Å². The van der Waals surface area contributed by atoms with Crippen molar-refractivity contribution < 1.29 is 9.18 Å². The van der Waals surface area contributed by atoms with Crippen molar-refractivity contribution in [3.63, 3.8) is 0 Å². The minimum Gasteiger partial charge on any atom is -0.399 e. The first-order valence-corrected chi connectivity index (χ1v) is 6.14. The van der Waals surface area contributed by atoms with E-state index in [0.29, 0.717) is 16.9 Å². The van der Waals surface area contributed by atoms with E-state index < -0.39 is 5.82 Å². The quantitative estimate of drug-likeness (QED) is 0.755. The lowest BCUT2D eigenvalue weighted by molar-refractivity contribution is 0.0964. The fraction of sp³-hybridized carbons (Fsp3) is 0.0667. The second-order valence-corrected chi connectivity index (χ2v) is 4.28. The van der Waals surface area contributed by atoms with Crippen LogP contribution in [0.5, 0.6) is 0 Å². The number of nitriles is 1. The highest BCUT2D eigenvalue weighted by atomic mass is 19.1. The van der Waals surface area contributed by atoms with Crippen LogP contribution in [-0.4, -0.2) is 13.0 Å². The molecule has 5 nitrogen and oxygen atoms in total. The summed E-state index contributed by atoms with van der Waals surface area (Å²) in [5, 5.41) is 14.4. The lowest BCUT2D eigenvalue weighted by atomic mass is 10.1. The Kier molecular flexibility index (Phi) is 4.05. The molecule has 2 aromatic carbocycles. The fourth-order valence-corrected chi connectivity index (χ4v) is 1.88. The molecule has 0 aliphatic rings. The van der Waals surface area contributed by atoms with Crippen LogP contribution in [0.1, 0.15) is 15.9 Å². The Hall–Kier alpha value is -3.07. The molecule has 0 bridgehead atoms. The number of anilines is 3. The molecular weight excluding hydrogens is 271 g/mol. The zero-order valence-corrected chi connectivity index (χ0v) is 11.3. The molecule has 1 amide bonds. The van der Waals surface area contributed by atoms with Gasteiger partial charge in [0, 0.05) is 12.7 Å². The smallest absolute Gasteiger partial charge is 0.253 e. The maximum Gasteiger partial charge on any atom is 0.253 e. The molecule has 0 saturated heterocycles. The topological polar surface area (TPSA) is 90.9 Å². The molecule has 0 unspecified atom stereocenters. The van der Waals surface area contributed by atoms with Gasteiger partial charge >= 0.3 is 0 Å². The lowest BCUT2D eigenvalue weighted by Crippen LogP contribution is -2.19. The molecule has 6 heteroatoms. The predicted octanol–water partition coefficient (Wildman–Crippen LogP) is 2.38. The SMILES string of the molecule is CNC(=O)c1ccc(N)cc1Nc1cccc(F)c1C#N. The summed E-state index contributed by atoms with van der Waals surface area (Å²) in [5.74, 6) is -0.944. The Bertz CT molecular complexity index is 737. The number of hydrogen-bond donors (Lipinski definition) is 3. The zero-order valence-electron chi connectivity index (χ0n) is 11.3. The predicted molar refractivity (Wildman–Crippen MR) is 78.6 cm³/mol. The molecule has 0 heterocycles. The highest BCUT2D eigenvalue weighted by molar-refractivity contribution is 6.01. The Labute approximate surface area is 121 Å². The van der Waals surface area contributed by atoms with Gasteiger partial charge in [-0.3, -0.25) is 4.79 Å². The molecule has 0 aliphatic carbocycles. The summed E-state index contributed by atoms with van der Waals surface area (Å²) in [4.78, 5) is 11.8. The van der Waals surface area contributed by atoms with Gasteiger partial charge in [0.2, 0.25) is 0 Å². The summed E-state index contributed by atoms with van der Waals surface area (Å²) in [7, 11) is 1.51. The number of carbonyl (C=O) groups excluding carboxylic acids is 1. The van der Waals surface area contributed by atoms with Gasteiger partial charge in [0.05, 0.1) is 16.9 Å². The van der Waals surface area contributed by atoms with Crippen LogP contribution >= 0.6 is 0 Å². The van der Waals surface area contributed by atoms with Crippen LogP contribution in [0.3, 0.4) is 0 Å². The number of benzene rings is 2. The first-order chi connectivity index (χ1) is 10.1. The largest absolute Gasteiger partial charge is 0.399 e. The number of amides is 1. The first kappa shape index (κ1) is 14.3. The molecule has 21 heavy (non-hydrogen) atoms. The third-order valence-electron chi connectivity index (χ3n) is 2.91. The van der Waals surface area contributed by atoms with Crippen molar-refractivity contribution in [2.75, 3.05) is 18.1 Å². The highest BCUT2D eigenvalue weighted by Gasteiger charge is 2.13. The molecule has 0 saturated carbocycles. The van der Waals surface area contributed by atoms with Gasteiger partial charge in [-0.2, -0.15) is 5.26 Å². The van der Waals surface area contributed by atoms with Gasteiger partial charge in [-0.15, -0.1) is 0 Å². The van der Waals surface area contributed by atoms with Crippen molar-refractivity contribution in [2.24, 2.45) is 0 Å². The Morgan fingerprint density at radius 3 is 2.71 bits per heavy atom. The van der Waals surface area contributed by atoms with Crippen LogP contribution in [0.2, 0.25) is 0 Å². The summed E-state index contributed by atoms with van der Waals surface area (Å²) < 4.78 is 13.6. The van der Waals surface area contributed by atoms with Crippen molar-refractivity contribution in [3.8, 4) is 6.07 Å². The first-order valence-electron chi connectivity index (χ1n) is 6.14. The van der Waals surface area contributed by atoms with E-state index in [2.05, 4.69) is 10.6 Å². The third kappa shape index (κ3) is 2.92. The van der Waals surface area contributed by atoms with Crippen molar-refractivity contribution in [1.29, 1.82) is 5.26 Å². The molecule has 0 aliphatic heterocycles. The van der Waals surface area contributed by atoms with Crippen LogP contribution in [-0.2, 0) is 0 Å². The van der Waals surface area contributed by atoms with Crippen LogP contribution in [0.25, 0.3) is 0 Å². The Balaban J connectivity index is 2.50. The minimum atomic E-state index is -0.632. The number of nitrogens with two attached hydrogens (primary N) is 1. The molecule has 2 rings (SSSR count). The summed E-state index contributed by atoms with van der Waals surface area (Å²) in [6.45, 7) is 0. The number of halogens is 1. The monoisotopic (exact) mass is 284 g/mol.